The number of aromatic nitrogens is 2. The molecule has 1 aliphatic rings. The van der Waals surface area contributed by atoms with E-state index in [1.807, 2.05) is 42.5 Å². The minimum absolute atomic E-state index is 0.197. The summed E-state index contributed by atoms with van der Waals surface area (Å²) in [5.41, 5.74) is 1.78. The van der Waals surface area contributed by atoms with Gasteiger partial charge in [0.05, 0.1) is 19.7 Å². The maximum Gasteiger partial charge on any atom is 0.162 e. The van der Waals surface area contributed by atoms with Crippen molar-refractivity contribution in [1.82, 2.24) is 9.97 Å². The molecule has 0 saturated carbocycles. The van der Waals surface area contributed by atoms with Crippen LogP contribution in [0.4, 0.5) is 5.82 Å². The molecule has 1 N–H and O–H groups in total. The second-order valence-corrected chi connectivity index (χ2v) is 7.10. The van der Waals surface area contributed by atoms with E-state index in [-0.39, 0.29) is 12.5 Å². The predicted molar refractivity (Wildman–Crippen MR) is 110 cm³/mol. The average molecular weight is 379 g/mol. The minimum Gasteiger partial charge on any atom is -0.493 e. The molecule has 0 bridgehead atoms. The molecule has 6 heteroatoms. The van der Waals surface area contributed by atoms with E-state index in [4.69, 9.17) is 19.4 Å². The van der Waals surface area contributed by atoms with Gasteiger partial charge in [0.1, 0.15) is 5.82 Å². The number of rotatable bonds is 5. The summed E-state index contributed by atoms with van der Waals surface area (Å²) in [4.78, 5) is 12.0. The Hall–Kier alpha value is -2.86. The molecule has 0 unspecified atom stereocenters. The van der Waals surface area contributed by atoms with Gasteiger partial charge in [0.2, 0.25) is 0 Å². The Bertz CT molecular complexity index is 962. The van der Waals surface area contributed by atoms with E-state index in [1.165, 1.54) is 0 Å². The Kier molecular flexibility index (Phi) is 5.30. The van der Waals surface area contributed by atoms with Crippen LogP contribution >= 0.6 is 0 Å². The highest BCUT2D eigenvalue weighted by atomic mass is 16.5. The number of nitrogens with zero attached hydrogens (tertiary/aromatic N) is 3. The molecule has 28 heavy (non-hydrogen) atoms. The molecule has 6 nitrogen and oxygen atoms in total. The highest BCUT2D eigenvalue weighted by molar-refractivity contribution is 5.93. The molecule has 2 aromatic carbocycles. The van der Waals surface area contributed by atoms with Crippen LogP contribution in [0.5, 0.6) is 11.5 Å². The van der Waals surface area contributed by atoms with Crippen LogP contribution in [0, 0.1) is 5.92 Å². The summed E-state index contributed by atoms with van der Waals surface area (Å²) in [5.74, 6) is 3.12. The maximum atomic E-state index is 9.66. The predicted octanol–water partition coefficient (Wildman–Crippen LogP) is 3.52. The first kappa shape index (κ1) is 18.5. The number of piperidine rings is 1. The van der Waals surface area contributed by atoms with Gasteiger partial charge in [-0.05, 0) is 24.8 Å². The first-order chi connectivity index (χ1) is 13.7. The fourth-order valence-corrected chi connectivity index (χ4v) is 3.80. The molecule has 1 aliphatic heterocycles. The van der Waals surface area contributed by atoms with Gasteiger partial charge < -0.3 is 19.5 Å². The second-order valence-electron chi connectivity index (χ2n) is 7.10. The van der Waals surface area contributed by atoms with Crippen LogP contribution in [-0.2, 0) is 0 Å². The third-order valence-electron chi connectivity index (χ3n) is 5.29. The molecule has 1 saturated heterocycles. The highest BCUT2D eigenvalue weighted by Gasteiger charge is 2.24. The van der Waals surface area contributed by atoms with Gasteiger partial charge in [-0.25, -0.2) is 9.97 Å². The van der Waals surface area contributed by atoms with E-state index < -0.39 is 0 Å². The van der Waals surface area contributed by atoms with Crippen LogP contribution in [0.1, 0.15) is 12.8 Å². The number of fused-ring (bicyclic) bond motifs is 1. The molecule has 1 fully saturated rings. The molecule has 0 spiro atoms. The van der Waals surface area contributed by atoms with E-state index in [9.17, 15) is 5.11 Å². The van der Waals surface area contributed by atoms with Crippen molar-refractivity contribution in [3.8, 4) is 22.9 Å². The lowest BCUT2D eigenvalue weighted by molar-refractivity contribution is 0.208. The third-order valence-corrected chi connectivity index (χ3v) is 5.29. The molecule has 0 radical (unpaired) electrons. The van der Waals surface area contributed by atoms with Gasteiger partial charge in [-0.3, -0.25) is 0 Å². The molecular formula is C22H25N3O3. The number of methoxy groups -OCH3 is 2. The van der Waals surface area contributed by atoms with Crippen molar-refractivity contribution in [2.24, 2.45) is 5.92 Å². The molecule has 146 valence electrons. The van der Waals surface area contributed by atoms with E-state index in [0.29, 0.717) is 17.3 Å². The van der Waals surface area contributed by atoms with Gasteiger partial charge in [0, 0.05) is 36.7 Å². The molecule has 4 rings (SSSR count). The van der Waals surface area contributed by atoms with E-state index >= 15 is 0 Å². The van der Waals surface area contributed by atoms with Crippen LogP contribution in [0.3, 0.4) is 0 Å². The van der Waals surface area contributed by atoms with Crippen molar-refractivity contribution in [2.75, 3.05) is 38.8 Å². The summed E-state index contributed by atoms with van der Waals surface area (Å²) in [6.45, 7) is 1.89. The van der Waals surface area contributed by atoms with Gasteiger partial charge in [0.25, 0.3) is 0 Å². The Balaban J connectivity index is 1.91. The number of hydrogen-bond acceptors (Lipinski definition) is 6. The number of aliphatic hydroxyl groups excluding tert-OH is 1. The molecular weight excluding hydrogens is 354 g/mol. The van der Waals surface area contributed by atoms with Crippen molar-refractivity contribution in [3.05, 3.63) is 42.5 Å². The standard InChI is InChI=1S/C22H25N3O3/c1-27-19-11-17-18(12-20(19)28-2)23-21(16-8-4-3-5-9-16)24-22(17)25-10-6-7-15(13-25)14-26/h3-5,8-9,11-12,15,26H,6-7,10,13-14H2,1-2H3/t15-/m1/s1. The van der Waals surface area contributed by atoms with Crippen molar-refractivity contribution in [1.29, 1.82) is 0 Å². The number of anilines is 1. The largest absolute Gasteiger partial charge is 0.493 e. The fraction of sp³-hybridized carbons (Fsp3) is 0.364. The summed E-state index contributed by atoms with van der Waals surface area (Å²) < 4.78 is 11.0. The Morgan fingerprint density at radius 2 is 1.82 bits per heavy atom. The Morgan fingerprint density at radius 1 is 1.07 bits per heavy atom. The summed E-state index contributed by atoms with van der Waals surface area (Å²) in [6, 6.07) is 13.8. The van der Waals surface area contributed by atoms with E-state index in [0.717, 1.165) is 48.2 Å². The normalized spacial score (nSPS) is 17.0. The van der Waals surface area contributed by atoms with Gasteiger partial charge >= 0.3 is 0 Å². The lowest BCUT2D eigenvalue weighted by Crippen LogP contribution is -2.37. The van der Waals surface area contributed by atoms with Gasteiger partial charge in [-0.15, -0.1) is 0 Å². The number of ether oxygens (including phenoxy) is 2. The van der Waals surface area contributed by atoms with E-state index in [2.05, 4.69) is 4.90 Å². The summed E-state index contributed by atoms with van der Waals surface area (Å²) in [6.07, 6.45) is 2.07. The first-order valence-electron chi connectivity index (χ1n) is 9.58. The van der Waals surface area contributed by atoms with Crippen LogP contribution in [0.25, 0.3) is 22.3 Å². The van der Waals surface area contributed by atoms with E-state index in [1.54, 1.807) is 14.2 Å². The van der Waals surface area contributed by atoms with Crippen LogP contribution in [0.15, 0.2) is 42.5 Å². The van der Waals surface area contributed by atoms with Gasteiger partial charge in [0.15, 0.2) is 17.3 Å². The lowest BCUT2D eigenvalue weighted by atomic mass is 9.98. The zero-order chi connectivity index (χ0) is 19.5. The minimum atomic E-state index is 0.197. The summed E-state index contributed by atoms with van der Waals surface area (Å²) >= 11 is 0. The zero-order valence-electron chi connectivity index (χ0n) is 16.3. The molecule has 1 atom stereocenters. The highest BCUT2D eigenvalue weighted by Crippen LogP contribution is 2.37. The molecule has 3 aromatic rings. The second kappa shape index (κ2) is 8.02. The first-order valence-corrected chi connectivity index (χ1v) is 9.58. The summed E-state index contributed by atoms with van der Waals surface area (Å²) in [5, 5.41) is 10.6. The molecule has 0 aliphatic carbocycles. The SMILES string of the molecule is COc1cc2nc(-c3ccccc3)nc(N3CCC[C@@H](CO)C3)c2cc1OC. The monoisotopic (exact) mass is 379 g/mol. The number of aliphatic hydroxyl groups is 1. The van der Waals surface area contributed by atoms with Crippen molar-refractivity contribution < 1.29 is 14.6 Å². The zero-order valence-corrected chi connectivity index (χ0v) is 16.3. The smallest absolute Gasteiger partial charge is 0.162 e. The number of benzene rings is 2. The van der Waals surface area contributed by atoms with Crippen LogP contribution in [-0.4, -0.2) is 49.0 Å². The number of hydrogen-bond donors (Lipinski definition) is 1. The fourth-order valence-electron chi connectivity index (χ4n) is 3.80. The van der Waals surface area contributed by atoms with Gasteiger partial charge in [-0.1, -0.05) is 30.3 Å². The van der Waals surface area contributed by atoms with Crippen molar-refractivity contribution >= 4 is 16.7 Å². The maximum absolute atomic E-state index is 9.66. The lowest BCUT2D eigenvalue weighted by Gasteiger charge is -2.33. The molecule has 2 heterocycles. The summed E-state index contributed by atoms with van der Waals surface area (Å²) in [7, 11) is 3.26. The van der Waals surface area contributed by atoms with Gasteiger partial charge in [-0.2, -0.15) is 0 Å². The third kappa shape index (κ3) is 3.47. The molecule has 0 amide bonds. The Morgan fingerprint density at radius 3 is 2.54 bits per heavy atom. The quantitative estimate of drug-likeness (QED) is 0.732. The Labute approximate surface area is 164 Å². The van der Waals surface area contributed by atoms with Crippen LogP contribution < -0.4 is 14.4 Å². The topological polar surface area (TPSA) is 67.7 Å². The molecule has 1 aromatic heterocycles. The average Bonchev–Trinajstić information content (AvgIpc) is 2.77. The van der Waals surface area contributed by atoms with Crippen molar-refractivity contribution in [3.63, 3.8) is 0 Å². The van der Waals surface area contributed by atoms with Crippen LogP contribution in [0.2, 0.25) is 0 Å². The van der Waals surface area contributed by atoms with Crippen molar-refractivity contribution in [2.45, 2.75) is 12.8 Å².